The molecule has 2 aromatic heterocycles. The molecule has 0 unspecified atom stereocenters. The van der Waals surface area contributed by atoms with Crippen LogP contribution in [0.5, 0.6) is 0 Å². The summed E-state index contributed by atoms with van der Waals surface area (Å²) in [7, 11) is 0. The fourth-order valence-corrected chi connectivity index (χ4v) is 10.5. The molecule has 0 amide bonds. The number of rotatable bonds is 2. The predicted molar refractivity (Wildman–Crippen MR) is 95.9 cm³/mol. The molecule has 0 N–H and O–H groups in total. The van der Waals surface area contributed by atoms with E-state index in [2.05, 4.69) is 56.6 Å². The molecule has 0 aliphatic rings. The molecule has 2 aromatic rings. The van der Waals surface area contributed by atoms with E-state index >= 15 is 0 Å². The van der Waals surface area contributed by atoms with Crippen molar-refractivity contribution < 1.29 is 0 Å². The maximum atomic E-state index is 6.38. The van der Waals surface area contributed by atoms with Crippen molar-refractivity contribution >= 4 is 77.0 Å². The van der Waals surface area contributed by atoms with E-state index in [-0.39, 0.29) is 0 Å². The van der Waals surface area contributed by atoms with Gasteiger partial charge < -0.3 is 0 Å². The number of pyridine rings is 2. The molecular weight excluding hydrogens is 534 g/mol. The van der Waals surface area contributed by atoms with Gasteiger partial charge in [0.05, 0.1) is 0 Å². The monoisotopic (exact) mass is 544 g/mol. The first-order valence-electron chi connectivity index (χ1n) is 5.87. The zero-order valence-corrected chi connectivity index (χ0v) is 18.7. The zero-order chi connectivity index (χ0) is 15.1. The van der Waals surface area contributed by atoms with Crippen LogP contribution in [-0.4, -0.2) is 28.3 Å². The SMILES string of the molecule is [CH3][Sn]([CH3])([CH3])[c]1c(Cl)ncc(Br)c1-c1cc(Cl)ncc1Br. The second kappa shape index (κ2) is 6.40. The Morgan fingerprint density at radius 2 is 1.60 bits per heavy atom. The van der Waals surface area contributed by atoms with Gasteiger partial charge in [-0.25, -0.2) is 0 Å². The van der Waals surface area contributed by atoms with Crippen molar-refractivity contribution in [2.45, 2.75) is 14.8 Å². The molecule has 0 spiro atoms. The maximum absolute atomic E-state index is 6.38. The number of hydrogen-bond acceptors (Lipinski definition) is 2. The Labute approximate surface area is 149 Å². The molecule has 0 bridgehead atoms. The summed E-state index contributed by atoms with van der Waals surface area (Å²) in [5.41, 5.74) is 2.06. The first-order chi connectivity index (χ1) is 9.21. The minimum atomic E-state index is -2.47. The van der Waals surface area contributed by atoms with Gasteiger partial charge in [-0.1, -0.05) is 0 Å². The van der Waals surface area contributed by atoms with E-state index in [1.807, 2.05) is 6.07 Å². The summed E-state index contributed by atoms with van der Waals surface area (Å²) in [6.45, 7) is 0. The summed E-state index contributed by atoms with van der Waals surface area (Å²) in [6, 6.07) is 1.85. The number of aromatic nitrogens is 2. The van der Waals surface area contributed by atoms with Crippen molar-refractivity contribution in [1.29, 1.82) is 0 Å². The number of hydrogen-bond donors (Lipinski definition) is 0. The quantitative estimate of drug-likeness (QED) is 0.367. The summed E-state index contributed by atoms with van der Waals surface area (Å²) in [5, 5.41) is 1.05. The summed E-state index contributed by atoms with van der Waals surface area (Å²) in [4.78, 5) is 15.3. The van der Waals surface area contributed by atoms with Crippen LogP contribution in [0.1, 0.15) is 0 Å². The number of halogens is 4. The van der Waals surface area contributed by atoms with Crippen LogP contribution in [0.25, 0.3) is 11.1 Å². The van der Waals surface area contributed by atoms with Crippen LogP contribution in [0.15, 0.2) is 27.4 Å². The Hall–Kier alpha value is 0.639. The molecule has 2 heterocycles. The molecule has 20 heavy (non-hydrogen) atoms. The van der Waals surface area contributed by atoms with Crippen LogP contribution >= 0.6 is 55.1 Å². The topological polar surface area (TPSA) is 25.8 Å². The van der Waals surface area contributed by atoms with Crippen LogP contribution < -0.4 is 3.58 Å². The first-order valence-corrected chi connectivity index (χ1v) is 18.2. The van der Waals surface area contributed by atoms with Gasteiger partial charge >= 0.3 is 151 Å². The van der Waals surface area contributed by atoms with Crippen molar-refractivity contribution in [1.82, 2.24) is 9.97 Å². The van der Waals surface area contributed by atoms with E-state index in [4.69, 9.17) is 23.2 Å². The van der Waals surface area contributed by atoms with Crippen molar-refractivity contribution in [3.8, 4) is 11.1 Å². The summed E-state index contributed by atoms with van der Waals surface area (Å²) < 4.78 is 2.99. The van der Waals surface area contributed by atoms with E-state index in [1.54, 1.807) is 12.4 Å². The fraction of sp³-hybridized carbons (Fsp3) is 0.231. The molecule has 0 aliphatic heterocycles. The Kier molecular flexibility index (Phi) is 5.44. The van der Waals surface area contributed by atoms with E-state index in [1.165, 1.54) is 3.58 Å². The molecule has 2 nitrogen and oxygen atoms in total. The molecule has 106 valence electrons. The third-order valence-corrected chi connectivity index (χ3v) is 10.7. The molecule has 0 aromatic carbocycles. The standard InChI is InChI=1S/C10H3Br2Cl2N2.3CH3.Sn/c11-7-3-15-9(13)1-5(7)6-2-10(14)16-4-8(6)12;;;;/h1,3-4H;3*1H3;. The predicted octanol–water partition coefficient (Wildman–Crippen LogP) is 5.52. The van der Waals surface area contributed by atoms with Gasteiger partial charge in [-0.3, -0.25) is 0 Å². The van der Waals surface area contributed by atoms with Crippen LogP contribution in [0.4, 0.5) is 0 Å². The van der Waals surface area contributed by atoms with E-state index in [0.29, 0.717) is 10.3 Å². The van der Waals surface area contributed by atoms with Crippen LogP contribution in [-0.2, 0) is 0 Å². The van der Waals surface area contributed by atoms with E-state index < -0.39 is 18.4 Å². The zero-order valence-electron chi connectivity index (χ0n) is 11.1. The van der Waals surface area contributed by atoms with Gasteiger partial charge in [0.2, 0.25) is 0 Å². The average Bonchev–Trinajstić information content (AvgIpc) is 2.33. The minimum absolute atomic E-state index is 0.457. The summed E-state index contributed by atoms with van der Waals surface area (Å²) >= 11 is 17.1. The van der Waals surface area contributed by atoms with E-state index in [9.17, 15) is 0 Å². The summed E-state index contributed by atoms with van der Waals surface area (Å²) in [6.07, 6.45) is 3.44. The van der Waals surface area contributed by atoms with Gasteiger partial charge in [-0.05, 0) is 0 Å². The summed E-state index contributed by atoms with van der Waals surface area (Å²) in [5.74, 6) is 0. The third-order valence-electron chi connectivity index (χ3n) is 2.83. The van der Waals surface area contributed by atoms with Gasteiger partial charge in [0, 0.05) is 0 Å². The van der Waals surface area contributed by atoms with Crippen LogP contribution in [0.3, 0.4) is 0 Å². The number of nitrogens with zero attached hydrogens (tertiary/aromatic N) is 2. The van der Waals surface area contributed by atoms with Crippen molar-refractivity contribution in [3.05, 3.63) is 37.7 Å². The fourth-order valence-electron chi connectivity index (χ4n) is 2.02. The molecule has 2 rings (SSSR count). The van der Waals surface area contributed by atoms with E-state index in [0.717, 1.165) is 20.1 Å². The van der Waals surface area contributed by atoms with Crippen molar-refractivity contribution in [2.24, 2.45) is 0 Å². The Bertz CT molecular complexity index is 672. The molecular formula is C13H12Br2Cl2N2Sn. The van der Waals surface area contributed by atoms with Crippen molar-refractivity contribution in [2.75, 3.05) is 0 Å². The molecule has 0 aliphatic carbocycles. The molecule has 0 atom stereocenters. The second-order valence-electron chi connectivity index (χ2n) is 5.38. The molecule has 0 radical (unpaired) electrons. The molecule has 0 saturated heterocycles. The van der Waals surface area contributed by atoms with Crippen molar-refractivity contribution in [3.63, 3.8) is 0 Å². The Morgan fingerprint density at radius 3 is 2.20 bits per heavy atom. The van der Waals surface area contributed by atoms with Gasteiger partial charge in [0.15, 0.2) is 0 Å². The first kappa shape index (κ1) is 17.0. The second-order valence-corrected chi connectivity index (χ2v) is 22.1. The van der Waals surface area contributed by atoms with Gasteiger partial charge in [-0.15, -0.1) is 0 Å². The van der Waals surface area contributed by atoms with Gasteiger partial charge in [-0.2, -0.15) is 0 Å². The average molecular weight is 546 g/mol. The third kappa shape index (κ3) is 3.51. The Balaban J connectivity index is 2.86. The van der Waals surface area contributed by atoms with Crippen LogP contribution in [0.2, 0.25) is 25.1 Å². The normalized spacial score (nSPS) is 11.8. The Morgan fingerprint density at radius 1 is 1.00 bits per heavy atom. The van der Waals surface area contributed by atoms with Crippen LogP contribution in [0, 0.1) is 0 Å². The van der Waals surface area contributed by atoms with Gasteiger partial charge in [0.1, 0.15) is 0 Å². The van der Waals surface area contributed by atoms with Gasteiger partial charge in [0.25, 0.3) is 0 Å². The molecule has 0 saturated carbocycles. The molecule has 0 fully saturated rings. The molecule has 7 heteroatoms.